The van der Waals surface area contributed by atoms with Crippen molar-refractivity contribution in [1.82, 2.24) is 4.90 Å². The van der Waals surface area contributed by atoms with E-state index in [2.05, 4.69) is 0 Å². The van der Waals surface area contributed by atoms with Gasteiger partial charge in [0, 0.05) is 6.54 Å². The molecule has 0 spiro atoms. The molecule has 1 amide bonds. The van der Waals surface area contributed by atoms with Crippen LogP contribution in [-0.2, 0) is 20.7 Å². The number of benzene rings is 1. The maximum atomic E-state index is 13.0. The van der Waals surface area contributed by atoms with E-state index >= 15 is 0 Å². The molecular weight excluding hydrogens is 316 g/mol. The second-order valence-electron chi connectivity index (χ2n) is 6.89. The molecule has 1 saturated heterocycles. The van der Waals surface area contributed by atoms with Crippen LogP contribution in [0.1, 0.15) is 45.6 Å². The normalized spacial score (nSPS) is 22.7. The third kappa shape index (κ3) is 4.21. The van der Waals surface area contributed by atoms with Crippen LogP contribution in [0.4, 0.5) is 0 Å². The van der Waals surface area contributed by atoms with Gasteiger partial charge in [0.2, 0.25) is 5.91 Å². The molecule has 3 atom stereocenters. The minimum absolute atomic E-state index is 0.0852. The minimum atomic E-state index is -0.869. The SMILES string of the molecule is CCOC(=O)[C@H](CCc1ccccc1)N1CC[C@](N)([C@H](C)CC)C1=O. The lowest BCUT2D eigenvalue weighted by Crippen LogP contribution is -2.55. The molecular formula is C20H30N2O3. The van der Waals surface area contributed by atoms with Crippen molar-refractivity contribution in [2.75, 3.05) is 13.2 Å². The molecule has 0 bridgehead atoms. The molecule has 0 radical (unpaired) electrons. The fourth-order valence-electron chi connectivity index (χ4n) is 3.49. The summed E-state index contributed by atoms with van der Waals surface area (Å²) in [5.74, 6) is -0.366. The number of aryl methyl sites for hydroxylation is 1. The highest BCUT2D eigenvalue weighted by Crippen LogP contribution is 2.32. The lowest BCUT2D eigenvalue weighted by molar-refractivity contribution is -0.154. The van der Waals surface area contributed by atoms with Gasteiger partial charge in [-0.1, -0.05) is 50.6 Å². The number of hydrogen-bond acceptors (Lipinski definition) is 4. The van der Waals surface area contributed by atoms with Crippen LogP contribution in [0.5, 0.6) is 0 Å². The first-order valence-electron chi connectivity index (χ1n) is 9.24. The Kier molecular flexibility index (Phi) is 6.59. The highest BCUT2D eigenvalue weighted by atomic mass is 16.5. The number of carbonyl (C=O) groups excluding carboxylic acids is 2. The van der Waals surface area contributed by atoms with E-state index in [1.165, 1.54) is 0 Å². The van der Waals surface area contributed by atoms with Gasteiger partial charge in [-0.15, -0.1) is 0 Å². The summed E-state index contributed by atoms with van der Waals surface area (Å²) in [5, 5.41) is 0. The van der Waals surface area contributed by atoms with Crippen LogP contribution in [0, 0.1) is 5.92 Å². The van der Waals surface area contributed by atoms with Gasteiger partial charge in [-0.25, -0.2) is 4.79 Å². The Hall–Kier alpha value is -1.88. The number of nitrogens with zero attached hydrogens (tertiary/aromatic N) is 1. The Bertz CT molecular complexity index is 590. The number of ether oxygens (including phenoxy) is 1. The molecule has 2 rings (SSSR count). The minimum Gasteiger partial charge on any atom is -0.464 e. The zero-order valence-electron chi connectivity index (χ0n) is 15.5. The van der Waals surface area contributed by atoms with Crippen molar-refractivity contribution in [3.63, 3.8) is 0 Å². The highest BCUT2D eigenvalue weighted by molar-refractivity contribution is 5.92. The van der Waals surface area contributed by atoms with Gasteiger partial charge >= 0.3 is 5.97 Å². The van der Waals surface area contributed by atoms with Gasteiger partial charge in [-0.2, -0.15) is 0 Å². The molecule has 5 nitrogen and oxygen atoms in total. The summed E-state index contributed by atoms with van der Waals surface area (Å²) in [6.07, 6.45) is 2.69. The predicted molar refractivity (Wildman–Crippen MR) is 97.9 cm³/mol. The first kappa shape index (κ1) is 19.4. The van der Waals surface area contributed by atoms with Crippen LogP contribution in [0.25, 0.3) is 0 Å². The topological polar surface area (TPSA) is 72.6 Å². The summed E-state index contributed by atoms with van der Waals surface area (Å²) in [4.78, 5) is 27.1. The van der Waals surface area contributed by atoms with Crippen LogP contribution in [-0.4, -0.2) is 41.5 Å². The van der Waals surface area contributed by atoms with Crippen molar-refractivity contribution in [2.24, 2.45) is 11.7 Å². The molecule has 1 heterocycles. The van der Waals surface area contributed by atoms with Crippen molar-refractivity contribution in [3.05, 3.63) is 35.9 Å². The third-order valence-corrected chi connectivity index (χ3v) is 5.40. The average Bonchev–Trinajstić information content (AvgIpc) is 2.92. The average molecular weight is 346 g/mol. The van der Waals surface area contributed by atoms with E-state index in [1.807, 2.05) is 44.2 Å². The first-order valence-corrected chi connectivity index (χ1v) is 9.24. The van der Waals surface area contributed by atoms with Crippen LogP contribution >= 0.6 is 0 Å². The van der Waals surface area contributed by atoms with Gasteiger partial charge < -0.3 is 15.4 Å². The second-order valence-corrected chi connectivity index (χ2v) is 6.89. The number of carbonyl (C=O) groups is 2. The molecule has 0 aromatic heterocycles. The summed E-state index contributed by atoms with van der Waals surface area (Å²) in [5.41, 5.74) is 6.70. The maximum Gasteiger partial charge on any atom is 0.328 e. The third-order valence-electron chi connectivity index (χ3n) is 5.40. The molecule has 2 N–H and O–H groups in total. The largest absolute Gasteiger partial charge is 0.464 e. The highest BCUT2D eigenvalue weighted by Gasteiger charge is 2.49. The van der Waals surface area contributed by atoms with Crippen molar-refractivity contribution < 1.29 is 14.3 Å². The summed E-state index contributed by atoms with van der Waals surface area (Å²) in [6.45, 7) is 6.64. The van der Waals surface area contributed by atoms with Gasteiger partial charge in [0.1, 0.15) is 6.04 Å². The molecule has 1 aliphatic heterocycles. The van der Waals surface area contributed by atoms with Crippen LogP contribution in [0.2, 0.25) is 0 Å². The van der Waals surface area contributed by atoms with Crippen LogP contribution in [0.15, 0.2) is 30.3 Å². The zero-order valence-corrected chi connectivity index (χ0v) is 15.5. The number of hydrogen-bond donors (Lipinski definition) is 1. The summed E-state index contributed by atoms with van der Waals surface area (Å²) >= 11 is 0. The Balaban J connectivity index is 2.15. The van der Waals surface area contributed by atoms with Gasteiger partial charge in [0.15, 0.2) is 0 Å². The van der Waals surface area contributed by atoms with Crippen LogP contribution in [0.3, 0.4) is 0 Å². The zero-order chi connectivity index (χ0) is 18.4. The van der Waals surface area contributed by atoms with E-state index in [9.17, 15) is 9.59 Å². The van der Waals surface area contributed by atoms with Gasteiger partial charge in [-0.05, 0) is 37.7 Å². The van der Waals surface area contributed by atoms with Crippen molar-refractivity contribution in [1.29, 1.82) is 0 Å². The molecule has 1 aliphatic rings. The molecule has 0 unspecified atom stereocenters. The Morgan fingerprint density at radius 1 is 1.32 bits per heavy atom. The fraction of sp³-hybridized carbons (Fsp3) is 0.600. The lowest BCUT2D eigenvalue weighted by Gasteiger charge is -2.31. The molecule has 0 saturated carbocycles. The van der Waals surface area contributed by atoms with Gasteiger partial charge in [0.05, 0.1) is 12.1 Å². The molecule has 138 valence electrons. The Labute approximate surface area is 150 Å². The number of rotatable bonds is 8. The standard InChI is InChI=1S/C20H30N2O3/c1-4-15(3)20(21)13-14-22(19(20)24)17(18(23)25-5-2)12-11-16-9-7-6-8-10-16/h6-10,15,17H,4-5,11-14,21H2,1-3H3/t15-,17+,20+/m1/s1. The molecule has 1 fully saturated rings. The predicted octanol–water partition coefficient (Wildman–Crippen LogP) is 2.53. The van der Waals surface area contributed by atoms with Gasteiger partial charge in [-0.3, -0.25) is 4.79 Å². The lowest BCUT2D eigenvalue weighted by atomic mass is 9.83. The Morgan fingerprint density at radius 3 is 2.60 bits per heavy atom. The second kappa shape index (κ2) is 8.48. The van der Waals surface area contributed by atoms with E-state index in [0.29, 0.717) is 26.0 Å². The quantitative estimate of drug-likeness (QED) is 0.734. The van der Waals surface area contributed by atoms with Crippen molar-refractivity contribution in [3.8, 4) is 0 Å². The smallest absolute Gasteiger partial charge is 0.328 e. The fourth-order valence-corrected chi connectivity index (χ4v) is 3.49. The summed E-state index contributed by atoms with van der Waals surface area (Å²) < 4.78 is 5.23. The first-order chi connectivity index (χ1) is 11.9. The maximum absolute atomic E-state index is 13.0. The number of likely N-dealkylation sites (tertiary alicyclic amines) is 1. The molecule has 1 aromatic carbocycles. The number of amides is 1. The van der Waals surface area contributed by atoms with E-state index < -0.39 is 11.6 Å². The monoisotopic (exact) mass is 346 g/mol. The number of nitrogens with two attached hydrogens (primary N) is 1. The molecule has 25 heavy (non-hydrogen) atoms. The summed E-state index contributed by atoms with van der Waals surface area (Å²) in [6, 6.07) is 9.40. The molecule has 5 heteroatoms. The Morgan fingerprint density at radius 2 is 2.00 bits per heavy atom. The van der Waals surface area contributed by atoms with E-state index in [0.717, 1.165) is 18.4 Å². The van der Waals surface area contributed by atoms with Crippen molar-refractivity contribution >= 4 is 11.9 Å². The number of esters is 1. The van der Waals surface area contributed by atoms with Gasteiger partial charge in [0.25, 0.3) is 0 Å². The molecule has 1 aromatic rings. The van der Waals surface area contributed by atoms with Crippen molar-refractivity contribution in [2.45, 2.75) is 58.0 Å². The van der Waals surface area contributed by atoms with Crippen LogP contribution < -0.4 is 5.73 Å². The molecule has 0 aliphatic carbocycles. The van der Waals surface area contributed by atoms with E-state index in [1.54, 1.807) is 11.8 Å². The summed E-state index contributed by atoms with van der Waals surface area (Å²) in [7, 11) is 0. The van der Waals surface area contributed by atoms with E-state index in [-0.39, 0.29) is 17.8 Å². The van der Waals surface area contributed by atoms with E-state index in [4.69, 9.17) is 10.5 Å².